The molecule has 2 aliphatic rings. The fourth-order valence-electron chi connectivity index (χ4n) is 2.54. The monoisotopic (exact) mass is 358 g/mol. The van der Waals surface area contributed by atoms with Crippen molar-refractivity contribution in [1.82, 2.24) is 0 Å². The molecule has 0 saturated heterocycles. The van der Waals surface area contributed by atoms with Gasteiger partial charge in [-0.15, -0.1) is 20.5 Å². The van der Waals surface area contributed by atoms with Crippen molar-refractivity contribution in [2.75, 3.05) is 14.2 Å². The topological polar surface area (TPSA) is 151 Å². The number of hydrogen-bond donors (Lipinski definition) is 0. The number of carbonyl (C=O) groups is 2. The summed E-state index contributed by atoms with van der Waals surface area (Å²) in [6.45, 7) is 0. The first-order valence-corrected chi connectivity index (χ1v) is 7.46. The highest BCUT2D eigenvalue weighted by Crippen LogP contribution is 2.40. The molecule has 12 nitrogen and oxygen atoms in total. The molecule has 0 aromatic heterocycles. The van der Waals surface area contributed by atoms with Gasteiger partial charge in [-0.2, -0.15) is 0 Å². The molecule has 0 unspecified atom stereocenters. The number of benzene rings is 1. The third-order valence-corrected chi connectivity index (χ3v) is 3.97. The SMILES string of the molecule is COC(=O)CC1(c2ccc(C3(CC(=O)OC)N=NN=N3)cc2)N=NN=N1. The lowest BCUT2D eigenvalue weighted by Gasteiger charge is -2.22. The first-order chi connectivity index (χ1) is 12.5. The van der Waals surface area contributed by atoms with Gasteiger partial charge < -0.3 is 9.47 Å². The second-order valence-electron chi connectivity index (χ2n) is 5.47. The minimum Gasteiger partial charge on any atom is -0.469 e. The van der Waals surface area contributed by atoms with Gasteiger partial charge in [0.15, 0.2) is 0 Å². The van der Waals surface area contributed by atoms with Crippen LogP contribution in [0.15, 0.2) is 65.6 Å². The molecule has 0 amide bonds. The second-order valence-corrected chi connectivity index (χ2v) is 5.47. The molecule has 0 spiro atoms. The number of nitrogens with zero attached hydrogens (tertiary/aromatic N) is 8. The number of rotatable bonds is 6. The van der Waals surface area contributed by atoms with Gasteiger partial charge in [0.05, 0.1) is 27.1 Å². The molecule has 0 aliphatic carbocycles. The molecule has 2 heterocycles. The molecule has 12 heteroatoms. The number of methoxy groups -OCH3 is 2. The standard InChI is InChI=1S/C14H14N8O4/c1-25-11(23)7-13(15-19-20-16-13)9-3-5-10(6-4-9)14(8-12(24)26-2)17-21-22-18-14/h3-6H,7-8H2,1-2H3. The molecule has 2 aliphatic heterocycles. The maximum absolute atomic E-state index is 11.7. The van der Waals surface area contributed by atoms with Gasteiger partial charge in [0.25, 0.3) is 0 Å². The van der Waals surface area contributed by atoms with E-state index in [1.165, 1.54) is 14.2 Å². The lowest BCUT2D eigenvalue weighted by molar-refractivity contribution is -0.143. The molecular formula is C14H14N8O4. The minimum atomic E-state index is -1.28. The van der Waals surface area contributed by atoms with Crippen LogP contribution in [-0.2, 0) is 30.4 Å². The summed E-state index contributed by atoms with van der Waals surface area (Å²) in [4.78, 5) is 23.4. The van der Waals surface area contributed by atoms with E-state index in [0.717, 1.165) is 0 Å². The van der Waals surface area contributed by atoms with E-state index in [2.05, 4.69) is 50.8 Å². The zero-order valence-electron chi connectivity index (χ0n) is 13.9. The predicted octanol–water partition coefficient (Wildman–Crippen LogP) is 2.78. The smallest absolute Gasteiger partial charge is 0.310 e. The van der Waals surface area contributed by atoms with Gasteiger partial charge in [0.1, 0.15) is 0 Å². The van der Waals surface area contributed by atoms with E-state index in [-0.39, 0.29) is 12.8 Å². The van der Waals surface area contributed by atoms with Gasteiger partial charge in [-0.05, 0) is 20.9 Å². The van der Waals surface area contributed by atoms with E-state index in [1.807, 2.05) is 0 Å². The highest BCUT2D eigenvalue weighted by molar-refractivity contribution is 5.72. The van der Waals surface area contributed by atoms with E-state index in [9.17, 15) is 9.59 Å². The average molecular weight is 358 g/mol. The Balaban J connectivity index is 1.92. The molecule has 3 rings (SSSR count). The highest BCUT2D eigenvalue weighted by atomic mass is 16.5. The third-order valence-electron chi connectivity index (χ3n) is 3.97. The molecule has 0 fully saturated rings. The maximum Gasteiger partial charge on any atom is 0.310 e. The minimum absolute atomic E-state index is 0.150. The molecule has 0 N–H and O–H groups in total. The van der Waals surface area contributed by atoms with Crippen LogP contribution in [0, 0.1) is 0 Å². The van der Waals surface area contributed by atoms with Crippen molar-refractivity contribution in [2.45, 2.75) is 24.2 Å². The van der Waals surface area contributed by atoms with Gasteiger partial charge >= 0.3 is 11.9 Å². The van der Waals surface area contributed by atoms with Crippen molar-refractivity contribution in [3.63, 3.8) is 0 Å². The Hall–Kier alpha value is -3.44. The summed E-state index contributed by atoms with van der Waals surface area (Å²) in [5.74, 6) is -1.01. The summed E-state index contributed by atoms with van der Waals surface area (Å²) in [5, 5.41) is 29.9. The zero-order chi connectivity index (χ0) is 18.6. The Labute approximate surface area is 147 Å². The molecule has 0 bridgehead atoms. The largest absolute Gasteiger partial charge is 0.469 e. The van der Waals surface area contributed by atoms with Crippen LogP contribution < -0.4 is 0 Å². The van der Waals surface area contributed by atoms with E-state index >= 15 is 0 Å². The van der Waals surface area contributed by atoms with Crippen molar-refractivity contribution in [3.8, 4) is 0 Å². The summed E-state index contributed by atoms with van der Waals surface area (Å²) in [6.07, 6.45) is -0.300. The fourth-order valence-corrected chi connectivity index (χ4v) is 2.54. The first kappa shape index (κ1) is 17.4. The predicted molar refractivity (Wildman–Crippen MR) is 82.5 cm³/mol. The van der Waals surface area contributed by atoms with Crippen LogP contribution in [0.3, 0.4) is 0 Å². The number of carbonyl (C=O) groups excluding carboxylic acids is 2. The summed E-state index contributed by atoms with van der Waals surface area (Å²) in [6, 6.07) is 6.68. The Morgan fingerprint density at radius 3 is 1.31 bits per heavy atom. The van der Waals surface area contributed by atoms with Crippen LogP contribution in [0.25, 0.3) is 0 Å². The van der Waals surface area contributed by atoms with Crippen molar-refractivity contribution in [1.29, 1.82) is 0 Å². The van der Waals surface area contributed by atoms with Crippen molar-refractivity contribution in [3.05, 3.63) is 35.4 Å². The van der Waals surface area contributed by atoms with Crippen LogP contribution >= 0.6 is 0 Å². The third kappa shape index (κ3) is 3.08. The molecule has 1 aromatic carbocycles. The van der Waals surface area contributed by atoms with Crippen molar-refractivity contribution < 1.29 is 19.1 Å². The number of esters is 2. The van der Waals surface area contributed by atoms with Gasteiger partial charge in [-0.25, -0.2) is 0 Å². The molecule has 0 atom stereocenters. The summed E-state index contributed by atoms with van der Waals surface area (Å²) in [5.41, 5.74) is -1.42. The summed E-state index contributed by atoms with van der Waals surface area (Å²) >= 11 is 0. The van der Waals surface area contributed by atoms with Crippen molar-refractivity contribution >= 4 is 11.9 Å². The number of ether oxygens (including phenoxy) is 2. The normalized spacial score (nSPS) is 18.2. The van der Waals surface area contributed by atoms with Gasteiger partial charge in [0.2, 0.25) is 11.3 Å². The van der Waals surface area contributed by atoms with Gasteiger partial charge in [-0.1, -0.05) is 24.3 Å². The molecule has 0 saturated carbocycles. The molecule has 134 valence electrons. The zero-order valence-corrected chi connectivity index (χ0v) is 13.9. The molecule has 26 heavy (non-hydrogen) atoms. The van der Waals surface area contributed by atoms with Crippen molar-refractivity contribution in [2.24, 2.45) is 41.4 Å². The second kappa shape index (κ2) is 6.82. The number of hydrogen-bond acceptors (Lipinski definition) is 12. The maximum atomic E-state index is 11.7. The summed E-state index contributed by atoms with van der Waals surface area (Å²) in [7, 11) is 2.55. The van der Waals surface area contributed by atoms with E-state index in [1.54, 1.807) is 24.3 Å². The van der Waals surface area contributed by atoms with Gasteiger partial charge in [0, 0.05) is 11.1 Å². The van der Waals surface area contributed by atoms with E-state index < -0.39 is 23.3 Å². The van der Waals surface area contributed by atoms with E-state index in [0.29, 0.717) is 11.1 Å². The highest BCUT2D eigenvalue weighted by Gasteiger charge is 2.41. The molecule has 1 aromatic rings. The lowest BCUT2D eigenvalue weighted by atomic mass is 9.92. The molecule has 0 radical (unpaired) electrons. The fraction of sp³-hybridized carbons (Fsp3) is 0.429. The van der Waals surface area contributed by atoms with Crippen LogP contribution in [0.1, 0.15) is 24.0 Å². The lowest BCUT2D eigenvalue weighted by Crippen LogP contribution is -2.26. The Bertz CT molecular complexity index is 737. The Morgan fingerprint density at radius 1 is 0.731 bits per heavy atom. The van der Waals surface area contributed by atoms with Gasteiger partial charge in [-0.3, -0.25) is 9.59 Å². The van der Waals surface area contributed by atoms with Crippen LogP contribution in [-0.4, -0.2) is 26.2 Å². The average Bonchev–Trinajstić information content (AvgIpc) is 3.33. The Morgan fingerprint density at radius 2 is 1.04 bits per heavy atom. The van der Waals surface area contributed by atoms with Crippen LogP contribution in [0.2, 0.25) is 0 Å². The van der Waals surface area contributed by atoms with E-state index in [4.69, 9.17) is 0 Å². The quantitative estimate of drug-likeness (QED) is 0.718. The summed E-state index contributed by atoms with van der Waals surface area (Å²) < 4.78 is 9.37. The van der Waals surface area contributed by atoms with Crippen LogP contribution in [0.4, 0.5) is 0 Å². The van der Waals surface area contributed by atoms with Crippen LogP contribution in [0.5, 0.6) is 0 Å². The molecular weight excluding hydrogens is 344 g/mol. The first-order valence-electron chi connectivity index (χ1n) is 7.46. The Kier molecular flexibility index (Phi) is 4.56.